The second-order valence-electron chi connectivity index (χ2n) is 3.40. The highest BCUT2D eigenvalue weighted by Gasteiger charge is 2.13. The molecule has 0 aliphatic rings. The van der Waals surface area contributed by atoms with Crippen LogP contribution >= 0.6 is 0 Å². The lowest BCUT2D eigenvalue weighted by atomic mass is 10.1. The first-order valence-corrected chi connectivity index (χ1v) is 4.98. The number of nitrogens with zero attached hydrogens (tertiary/aromatic N) is 3. The van der Waals surface area contributed by atoms with E-state index in [0.29, 0.717) is 5.92 Å². The number of hydrogen-bond donors (Lipinski definition) is 2. The minimum absolute atomic E-state index is 0.384. The van der Waals surface area contributed by atoms with Gasteiger partial charge in [0.25, 0.3) is 0 Å². The molecule has 0 aliphatic heterocycles. The van der Waals surface area contributed by atoms with Gasteiger partial charge in [-0.05, 0) is 6.54 Å². The van der Waals surface area contributed by atoms with E-state index in [1.54, 1.807) is 0 Å². The van der Waals surface area contributed by atoms with Gasteiger partial charge >= 0.3 is 0 Å². The number of hydrogen-bond acceptors (Lipinski definition) is 4. The van der Waals surface area contributed by atoms with E-state index in [2.05, 4.69) is 34.7 Å². The normalized spacial score (nSPS) is 12.9. The minimum Gasteiger partial charge on any atom is -0.357 e. The van der Waals surface area contributed by atoms with E-state index in [4.69, 9.17) is 0 Å². The van der Waals surface area contributed by atoms with Crippen molar-refractivity contribution in [3.05, 3.63) is 5.82 Å². The molecule has 1 atom stereocenters. The molecule has 0 saturated carbocycles. The second kappa shape index (κ2) is 4.95. The highest BCUT2D eigenvalue weighted by Crippen LogP contribution is 2.13. The fourth-order valence-electron chi connectivity index (χ4n) is 1.44. The van der Waals surface area contributed by atoms with Crippen molar-refractivity contribution < 1.29 is 0 Å². The zero-order valence-corrected chi connectivity index (χ0v) is 9.33. The van der Waals surface area contributed by atoms with E-state index < -0.39 is 0 Å². The van der Waals surface area contributed by atoms with E-state index in [1.807, 2.05) is 18.7 Å². The summed E-state index contributed by atoms with van der Waals surface area (Å²) in [5, 5.41) is 14.5. The Labute approximate surface area is 84.9 Å². The number of likely N-dealkylation sites (N-methyl/N-ethyl adjacent to an activating group) is 1. The Morgan fingerprint density at radius 3 is 2.64 bits per heavy atom. The van der Waals surface area contributed by atoms with Crippen LogP contribution < -0.4 is 10.6 Å². The lowest BCUT2D eigenvalue weighted by Crippen LogP contribution is -2.21. The van der Waals surface area contributed by atoms with Crippen LogP contribution in [0.1, 0.15) is 25.6 Å². The van der Waals surface area contributed by atoms with E-state index in [-0.39, 0.29) is 0 Å². The van der Waals surface area contributed by atoms with Crippen molar-refractivity contribution in [1.82, 2.24) is 20.1 Å². The molecule has 14 heavy (non-hydrogen) atoms. The number of rotatable bonds is 5. The fraction of sp³-hybridized carbons (Fsp3) is 0.778. The van der Waals surface area contributed by atoms with Crippen molar-refractivity contribution in [2.75, 3.05) is 25.5 Å². The third-order valence-electron chi connectivity index (χ3n) is 2.27. The largest absolute Gasteiger partial charge is 0.357 e. The van der Waals surface area contributed by atoms with Gasteiger partial charge in [-0.1, -0.05) is 13.8 Å². The molecule has 0 aliphatic carbocycles. The molecule has 5 heteroatoms. The summed E-state index contributed by atoms with van der Waals surface area (Å²) in [4.78, 5) is 0. The zero-order chi connectivity index (χ0) is 10.6. The third kappa shape index (κ3) is 2.23. The quantitative estimate of drug-likeness (QED) is 0.724. The fourth-order valence-corrected chi connectivity index (χ4v) is 1.44. The van der Waals surface area contributed by atoms with Gasteiger partial charge in [0, 0.05) is 26.6 Å². The molecule has 1 aromatic heterocycles. The second-order valence-corrected chi connectivity index (χ2v) is 3.40. The maximum Gasteiger partial charge on any atom is 0.224 e. The standard InChI is InChI=1S/C9H19N5/c1-5-11-6-7(2)8-12-13-9(10-3)14(8)4/h7,11H,5-6H2,1-4H3,(H,10,13). The molecule has 0 amide bonds. The Bertz CT molecular complexity index is 281. The molecular formula is C9H19N5. The summed E-state index contributed by atoms with van der Waals surface area (Å²) in [6, 6.07) is 0. The minimum atomic E-state index is 0.384. The molecule has 5 nitrogen and oxygen atoms in total. The van der Waals surface area contributed by atoms with Gasteiger partial charge in [0.2, 0.25) is 5.95 Å². The van der Waals surface area contributed by atoms with Crippen molar-refractivity contribution in [3.63, 3.8) is 0 Å². The first-order chi connectivity index (χ1) is 6.70. The summed E-state index contributed by atoms with van der Waals surface area (Å²) in [7, 11) is 3.83. The maximum atomic E-state index is 4.15. The van der Waals surface area contributed by atoms with Crippen LogP contribution in [0.5, 0.6) is 0 Å². The Balaban J connectivity index is 2.69. The van der Waals surface area contributed by atoms with Gasteiger partial charge in [0.15, 0.2) is 0 Å². The van der Waals surface area contributed by atoms with Crippen molar-refractivity contribution in [2.24, 2.45) is 7.05 Å². The van der Waals surface area contributed by atoms with Gasteiger partial charge in [-0.3, -0.25) is 0 Å². The predicted octanol–water partition coefficient (Wildman–Crippen LogP) is 0.570. The Kier molecular flexibility index (Phi) is 3.88. The van der Waals surface area contributed by atoms with E-state index in [9.17, 15) is 0 Å². The summed E-state index contributed by atoms with van der Waals surface area (Å²) in [6.45, 7) is 6.17. The Morgan fingerprint density at radius 2 is 2.14 bits per heavy atom. The summed E-state index contributed by atoms with van der Waals surface area (Å²) in [5.41, 5.74) is 0. The zero-order valence-electron chi connectivity index (χ0n) is 9.33. The van der Waals surface area contributed by atoms with E-state index in [1.165, 1.54) is 0 Å². The maximum absolute atomic E-state index is 4.15. The van der Waals surface area contributed by atoms with Gasteiger partial charge in [-0.15, -0.1) is 10.2 Å². The average molecular weight is 197 g/mol. The van der Waals surface area contributed by atoms with Crippen LogP contribution in [0.4, 0.5) is 5.95 Å². The highest BCUT2D eigenvalue weighted by molar-refractivity contribution is 5.24. The van der Waals surface area contributed by atoms with Crippen molar-refractivity contribution in [3.8, 4) is 0 Å². The molecule has 0 aromatic carbocycles. The van der Waals surface area contributed by atoms with Gasteiger partial charge in [-0.25, -0.2) is 0 Å². The molecule has 1 unspecified atom stereocenters. The number of nitrogens with one attached hydrogen (secondary N) is 2. The van der Waals surface area contributed by atoms with Crippen LogP contribution in [0.3, 0.4) is 0 Å². The molecule has 1 rings (SSSR count). The number of anilines is 1. The molecule has 2 N–H and O–H groups in total. The van der Waals surface area contributed by atoms with E-state index in [0.717, 1.165) is 24.9 Å². The molecule has 0 bridgehead atoms. The van der Waals surface area contributed by atoms with Crippen molar-refractivity contribution >= 4 is 5.95 Å². The first kappa shape index (κ1) is 11.0. The topological polar surface area (TPSA) is 54.8 Å². The summed E-state index contributed by atoms with van der Waals surface area (Å²) in [6.07, 6.45) is 0. The molecule has 0 radical (unpaired) electrons. The van der Waals surface area contributed by atoms with Crippen molar-refractivity contribution in [1.29, 1.82) is 0 Å². The smallest absolute Gasteiger partial charge is 0.224 e. The van der Waals surface area contributed by atoms with Crippen LogP contribution in [0.15, 0.2) is 0 Å². The van der Waals surface area contributed by atoms with Crippen LogP contribution in [0, 0.1) is 0 Å². The summed E-state index contributed by atoms with van der Waals surface area (Å²) in [5.74, 6) is 2.20. The highest BCUT2D eigenvalue weighted by atomic mass is 15.3. The molecule has 0 saturated heterocycles. The average Bonchev–Trinajstić information content (AvgIpc) is 2.56. The number of aromatic nitrogens is 3. The summed E-state index contributed by atoms with van der Waals surface area (Å²) < 4.78 is 1.99. The Hall–Kier alpha value is -1.10. The molecule has 80 valence electrons. The third-order valence-corrected chi connectivity index (χ3v) is 2.27. The van der Waals surface area contributed by atoms with Crippen LogP contribution in [-0.4, -0.2) is 34.9 Å². The van der Waals surface area contributed by atoms with Gasteiger partial charge < -0.3 is 15.2 Å². The van der Waals surface area contributed by atoms with Crippen LogP contribution in [0.2, 0.25) is 0 Å². The van der Waals surface area contributed by atoms with Gasteiger partial charge in [0.1, 0.15) is 5.82 Å². The van der Waals surface area contributed by atoms with Gasteiger partial charge in [0.05, 0.1) is 0 Å². The predicted molar refractivity (Wildman–Crippen MR) is 57.5 cm³/mol. The molecule has 1 heterocycles. The molecular weight excluding hydrogens is 178 g/mol. The van der Waals surface area contributed by atoms with Crippen molar-refractivity contribution in [2.45, 2.75) is 19.8 Å². The van der Waals surface area contributed by atoms with Crippen LogP contribution in [0.25, 0.3) is 0 Å². The monoisotopic (exact) mass is 197 g/mol. The summed E-state index contributed by atoms with van der Waals surface area (Å²) >= 11 is 0. The first-order valence-electron chi connectivity index (χ1n) is 4.98. The van der Waals surface area contributed by atoms with Crippen LogP contribution in [-0.2, 0) is 7.05 Å². The van der Waals surface area contributed by atoms with Gasteiger partial charge in [-0.2, -0.15) is 0 Å². The lowest BCUT2D eigenvalue weighted by Gasteiger charge is -2.11. The molecule has 0 fully saturated rings. The molecule has 1 aromatic rings. The Morgan fingerprint density at radius 1 is 1.43 bits per heavy atom. The molecule has 0 spiro atoms. The SMILES string of the molecule is CCNCC(C)c1nnc(NC)n1C. The van der Waals surface area contributed by atoms with E-state index >= 15 is 0 Å². The lowest BCUT2D eigenvalue weighted by molar-refractivity contribution is 0.588.